The van der Waals surface area contributed by atoms with Crippen molar-refractivity contribution in [1.29, 1.82) is 0 Å². The van der Waals surface area contributed by atoms with Gasteiger partial charge >= 0.3 is 0 Å². The van der Waals surface area contributed by atoms with E-state index in [1.807, 2.05) is 0 Å². The van der Waals surface area contributed by atoms with Gasteiger partial charge < -0.3 is 16.0 Å². The number of nitrogens with one attached hydrogen (secondary N) is 3. The third-order valence-electron chi connectivity index (χ3n) is 3.55. The number of carbonyl (C=O) groups is 2. The van der Waals surface area contributed by atoms with Gasteiger partial charge in [-0.05, 0) is 44.7 Å². The zero-order valence-electron chi connectivity index (χ0n) is 10.5. The number of rotatable bonds is 3. The van der Waals surface area contributed by atoms with Crippen molar-refractivity contribution in [3.63, 3.8) is 0 Å². The Morgan fingerprint density at radius 3 is 2.61 bits per heavy atom. The van der Waals surface area contributed by atoms with E-state index >= 15 is 0 Å². The fourth-order valence-electron chi connectivity index (χ4n) is 2.51. The summed E-state index contributed by atoms with van der Waals surface area (Å²) in [5, 5.41) is 8.90. The van der Waals surface area contributed by atoms with Crippen molar-refractivity contribution >= 4 is 24.2 Å². The monoisotopic (exact) mass is 275 g/mol. The summed E-state index contributed by atoms with van der Waals surface area (Å²) in [6, 6.07) is -0.307. The summed E-state index contributed by atoms with van der Waals surface area (Å²) in [6.45, 7) is 2.74. The molecule has 0 aromatic carbocycles. The fraction of sp³-hybridized carbons (Fsp3) is 0.833. The number of carbonyl (C=O) groups excluding carboxylic acids is 2. The van der Waals surface area contributed by atoms with Crippen molar-refractivity contribution in [3.05, 3.63) is 0 Å². The van der Waals surface area contributed by atoms with Crippen LogP contribution in [0.25, 0.3) is 0 Å². The van der Waals surface area contributed by atoms with Crippen LogP contribution in [0.5, 0.6) is 0 Å². The molecule has 1 atom stereocenters. The molecule has 2 amide bonds. The first-order chi connectivity index (χ1) is 8.25. The summed E-state index contributed by atoms with van der Waals surface area (Å²) in [5.41, 5.74) is 0. The van der Waals surface area contributed by atoms with Gasteiger partial charge in [-0.25, -0.2) is 0 Å². The third kappa shape index (κ3) is 4.46. The highest BCUT2D eigenvalue weighted by molar-refractivity contribution is 5.88. The van der Waals surface area contributed by atoms with Crippen molar-refractivity contribution < 1.29 is 9.59 Å². The van der Waals surface area contributed by atoms with Gasteiger partial charge in [0.2, 0.25) is 11.8 Å². The number of piperidine rings is 2. The fourth-order valence-corrected chi connectivity index (χ4v) is 2.51. The normalized spacial score (nSPS) is 24.9. The highest BCUT2D eigenvalue weighted by Gasteiger charge is 2.25. The Balaban J connectivity index is 0.00000162. The molecule has 0 aromatic rings. The maximum absolute atomic E-state index is 11.8. The first-order valence-electron chi connectivity index (χ1n) is 6.53. The summed E-state index contributed by atoms with van der Waals surface area (Å²) in [4.78, 5) is 23.3. The van der Waals surface area contributed by atoms with E-state index in [2.05, 4.69) is 16.0 Å². The first kappa shape index (κ1) is 15.2. The summed E-state index contributed by atoms with van der Waals surface area (Å²) in [6.07, 6.45) is 4.40. The zero-order valence-corrected chi connectivity index (χ0v) is 11.4. The average Bonchev–Trinajstić information content (AvgIpc) is 2.33. The minimum Gasteiger partial charge on any atom is -0.354 e. The van der Waals surface area contributed by atoms with Gasteiger partial charge in [0.15, 0.2) is 0 Å². The maximum Gasteiger partial charge on any atom is 0.242 e. The number of amides is 2. The Bertz CT molecular complexity index is 293. The predicted octanol–water partition coefficient (Wildman–Crippen LogP) is 0.193. The van der Waals surface area contributed by atoms with Crippen LogP contribution in [0.1, 0.15) is 32.1 Å². The molecule has 2 aliphatic heterocycles. The Labute approximate surface area is 114 Å². The maximum atomic E-state index is 11.8. The highest BCUT2D eigenvalue weighted by atomic mass is 35.5. The molecule has 0 aliphatic carbocycles. The second-order valence-corrected chi connectivity index (χ2v) is 4.95. The second-order valence-electron chi connectivity index (χ2n) is 4.95. The van der Waals surface area contributed by atoms with Crippen LogP contribution in [0.15, 0.2) is 0 Å². The second kappa shape index (κ2) is 7.59. The van der Waals surface area contributed by atoms with Crippen molar-refractivity contribution in [2.45, 2.75) is 38.1 Å². The van der Waals surface area contributed by atoms with E-state index in [9.17, 15) is 9.59 Å². The van der Waals surface area contributed by atoms with Gasteiger partial charge in [0.25, 0.3) is 0 Å². The molecule has 2 rings (SSSR count). The molecule has 1 unspecified atom stereocenters. The molecule has 0 spiro atoms. The Morgan fingerprint density at radius 1 is 1.22 bits per heavy atom. The largest absolute Gasteiger partial charge is 0.354 e. The van der Waals surface area contributed by atoms with Crippen molar-refractivity contribution in [2.24, 2.45) is 5.92 Å². The van der Waals surface area contributed by atoms with E-state index in [1.165, 1.54) is 0 Å². The lowest BCUT2D eigenvalue weighted by Crippen LogP contribution is -2.50. The van der Waals surface area contributed by atoms with Gasteiger partial charge in [-0.1, -0.05) is 0 Å². The highest BCUT2D eigenvalue weighted by Crippen LogP contribution is 2.16. The van der Waals surface area contributed by atoms with Gasteiger partial charge in [0, 0.05) is 13.0 Å². The molecule has 2 fully saturated rings. The van der Waals surface area contributed by atoms with Crippen LogP contribution in [-0.2, 0) is 9.59 Å². The number of halogens is 1. The van der Waals surface area contributed by atoms with Gasteiger partial charge in [0.1, 0.15) is 6.04 Å². The SMILES string of the molecule is Cl.O=C(CC1CCNCC1)NC1CCCNC1=O. The lowest BCUT2D eigenvalue weighted by Gasteiger charge is -2.25. The van der Waals surface area contributed by atoms with E-state index in [0.29, 0.717) is 12.3 Å². The zero-order chi connectivity index (χ0) is 12.1. The Morgan fingerprint density at radius 2 is 1.94 bits per heavy atom. The van der Waals surface area contributed by atoms with Crippen molar-refractivity contribution in [2.75, 3.05) is 19.6 Å². The summed E-state index contributed by atoms with van der Waals surface area (Å²) in [7, 11) is 0. The molecular weight excluding hydrogens is 254 g/mol. The third-order valence-corrected chi connectivity index (χ3v) is 3.55. The van der Waals surface area contributed by atoms with E-state index in [-0.39, 0.29) is 30.3 Å². The van der Waals surface area contributed by atoms with Crippen molar-refractivity contribution in [1.82, 2.24) is 16.0 Å². The molecule has 0 aromatic heterocycles. The molecule has 2 saturated heterocycles. The molecule has 0 bridgehead atoms. The summed E-state index contributed by atoms with van der Waals surface area (Å²) in [5.74, 6) is 0.469. The molecule has 0 saturated carbocycles. The Hall–Kier alpha value is -0.810. The van der Waals surface area contributed by atoms with Gasteiger partial charge in [0.05, 0.1) is 0 Å². The van der Waals surface area contributed by atoms with Crippen LogP contribution in [0.4, 0.5) is 0 Å². The van der Waals surface area contributed by atoms with Gasteiger partial charge in [-0.2, -0.15) is 0 Å². The molecule has 18 heavy (non-hydrogen) atoms. The minimum atomic E-state index is -0.307. The standard InChI is InChI=1S/C12H21N3O2.ClH/c16-11(8-9-3-6-13-7-4-9)15-10-2-1-5-14-12(10)17;/h9-10,13H,1-8H2,(H,14,17)(H,15,16);1H. The molecule has 2 heterocycles. The molecular formula is C12H22ClN3O2. The summed E-state index contributed by atoms with van der Waals surface area (Å²) >= 11 is 0. The molecule has 6 heteroatoms. The van der Waals surface area contributed by atoms with Crippen LogP contribution in [-0.4, -0.2) is 37.5 Å². The topological polar surface area (TPSA) is 70.2 Å². The van der Waals surface area contributed by atoms with Crippen LogP contribution in [0.3, 0.4) is 0 Å². The van der Waals surface area contributed by atoms with Crippen LogP contribution >= 0.6 is 12.4 Å². The summed E-state index contributed by atoms with van der Waals surface area (Å²) < 4.78 is 0. The number of hydrogen-bond donors (Lipinski definition) is 3. The average molecular weight is 276 g/mol. The van der Waals surface area contributed by atoms with E-state index < -0.39 is 0 Å². The van der Waals surface area contributed by atoms with Crippen LogP contribution in [0, 0.1) is 5.92 Å². The smallest absolute Gasteiger partial charge is 0.242 e. The lowest BCUT2D eigenvalue weighted by molar-refractivity contribution is -0.130. The molecule has 2 aliphatic rings. The Kier molecular flexibility index (Phi) is 6.43. The molecule has 3 N–H and O–H groups in total. The van der Waals surface area contributed by atoms with Gasteiger partial charge in [-0.15, -0.1) is 12.4 Å². The number of hydrogen-bond acceptors (Lipinski definition) is 3. The molecule has 0 radical (unpaired) electrons. The van der Waals surface area contributed by atoms with Crippen LogP contribution in [0.2, 0.25) is 0 Å². The predicted molar refractivity (Wildman–Crippen MR) is 71.6 cm³/mol. The van der Waals surface area contributed by atoms with Gasteiger partial charge in [-0.3, -0.25) is 9.59 Å². The van der Waals surface area contributed by atoms with E-state index in [0.717, 1.165) is 45.3 Å². The van der Waals surface area contributed by atoms with Crippen molar-refractivity contribution in [3.8, 4) is 0 Å². The lowest BCUT2D eigenvalue weighted by atomic mass is 9.94. The quantitative estimate of drug-likeness (QED) is 0.689. The van der Waals surface area contributed by atoms with Crippen LogP contribution < -0.4 is 16.0 Å². The van der Waals surface area contributed by atoms with E-state index in [4.69, 9.17) is 0 Å². The first-order valence-corrected chi connectivity index (χ1v) is 6.53. The molecule has 5 nitrogen and oxygen atoms in total. The minimum absolute atomic E-state index is 0. The molecule has 104 valence electrons. The van der Waals surface area contributed by atoms with E-state index in [1.54, 1.807) is 0 Å².